The molecule has 0 N–H and O–H groups in total. The Bertz CT molecular complexity index is 713. The van der Waals surface area contributed by atoms with Crippen molar-refractivity contribution in [1.82, 2.24) is 9.55 Å². The average molecular weight is 325 g/mol. The highest BCUT2D eigenvalue weighted by Gasteiger charge is 2.18. The van der Waals surface area contributed by atoms with Gasteiger partial charge in [0.15, 0.2) is 5.16 Å². The number of nitrogens with zero attached hydrogens (tertiary/aromatic N) is 2. The lowest BCUT2D eigenvalue weighted by Crippen LogP contribution is -2.28. The van der Waals surface area contributed by atoms with Crippen LogP contribution in [0.4, 0.5) is 0 Å². The molecular formula is C14H13ClN2O3S. The number of hydrogen-bond donors (Lipinski definition) is 0. The molecule has 0 aliphatic heterocycles. The molecule has 1 heterocycles. The van der Waals surface area contributed by atoms with Crippen molar-refractivity contribution in [3.63, 3.8) is 0 Å². The van der Waals surface area contributed by atoms with E-state index in [0.29, 0.717) is 15.9 Å². The Balaban J connectivity index is 2.62. The Kier molecular flexibility index (Phi) is 5.03. The summed E-state index contributed by atoms with van der Waals surface area (Å²) in [5.41, 5.74) is 0.0344. The fourth-order valence-corrected chi connectivity index (χ4v) is 2.41. The van der Waals surface area contributed by atoms with Gasteiger partial charge in [-0.25, -0.2) is 9.78 Å². The summed E-state index contributed by atoms with van der Waals surface area (Å²) in [4.78, 5) is 28.5. The molecule has 1 aromatic carbocycles. The molecule has 0 bridgehead atoms. The number of benzene rings is 1. The van der Waals surface area contributed by atoms with E-state index in [0.717, 1.165) is 0 Å². The molecule has 0 unspecified atom stereocenters. The molecule has 0 radical (unpaired) electrons. The number of carbonyl (C=O) groups excluding carboxylic acids is 1. The fourth-order valence-electron chi connectivity index (χ4n) is 1.75. The first-order valence-electron chi connectivity index (χ1n) is 6.17. The van der Waals surface area contributed by atoms with Crippen LogP contribution in [-0.4, -0.2) is 28.4 Å². The van der Waals surface area contributed by atoms with Gasteiger partial charge in [0, 0.05) is 5.02 Å². The van der Waals surface area contributed by atoms with Crippen LogP contribution in [0.1, 0.15) is 17.3 Å². The number of hydrogen-bond acceptors (Lipinski definition) is 5. The van der Waals surface area contributed by atoms with Crippen molar-refractivity contribution in [2.24, 2.45) is 0 Å². The average Bonchev–Trinajstić information content (AvgIpc) is 2.48. The lowest BCUT2D eigenvalue weighted by molar-refractivity contribution is 0.0523. The van der Waals surface area contributed by atoms with Gasteiger partial charge < -0.3 is 4.74 Å². The Labute approximate surface area is 130 Å². The minimum Gasteiger partial charge on any atom is -0.462 e. The van der Waals surface area contributed by atoms with Crippen LogP contribution in [0.5, 0.6) is 0 Å². The Hall–Kier alpha value is -1.79. The van der Waals surface area contributed by atoms with E-state index in [1.54, 1.807) is 37.4 Å². The van der Waals surface area contributed by atoms with Crippen molar-refractivity contribution in [1.29, 1.82) is 0 Å². The van der Waals surface area contributed by atoms with Crippen LogP contribution in [0.15, 0.2) is 40.4 Å². The highest BCUT2D eigenvalue weighted by atomic mass is 35.5. The summed E-state index contributed by atoms with van der Waals surface area (Å²) >= 11 is 7.16. The summed E-state index contributed by atoms with van der Waals surface area (Å²) in [7, 11) is 0. The Morgan fingerprint density at radius 2 is 2.05 bits per heavy atom. The van der Waals surface area contributed by atoms with Gasteiger partial charge in [0.2, 0.25) is 0 Å². The lowest BCUT2D eigenvalue weighted by atomic mass is 10.3. The van der Waals surface area contributed by atoms with E-state index in [4.69, 9.17) is 16.3 Å². The van der Waals surface area contributed by atoms with Crippen LogP contribution in [0, 0.1) is 0 Å². The van der Waals surface area contributed by atoms with Crippen molar-refractivity contribution in [3.05, 3.63) is 51.4 Å². The summed E-state index contributed by atoms with van der Waals surface area (Å²) in [6, 6.07) is 6.73. The molecule has 5 nitrogen and oxygen atoms in total. The summed E-state index contributed by atoms with van der Waals surface area (Å²) in [5, 5.41) is 1.04. The number of aromatic nitrogens is 2. The number of thioether (sulfide) groups is 1. The predicted octanol–water partition coefficient (Wildman–Crippen LogP) is 2.78. The number of halogens is 1. The normalized spacial score (nSPS) is 10.4. The van der Waals surface area contributed by atoms with Crippen LogP contribution in [0.25, 0.3) is 5.69 Å². The summed E-state index contributed by atoms with van der Waals surface area (Å²) in [5.74, 6) is -0.676. The van der Waals surface area contributed by atoms with Crippen LogP contribution in [0.2, 0.25) is 5.02 Å². The largest absolute Gasteiger partial charge is 0.462 e. The third-order valence-corrected chi connectivity index (χ3v) is 3.60. The summed E-state index contributed by atoms with van der Waals surface area (Å²) in [6.07, 6.45) is 3.05. The number of esters is 1. The number of ether oxygens (including phenoxy) is 1. The van der Waals surface area contributed by atoms with Crippen molar-refractivity contribution in [2.45, 2.75) is 12.1 Å². The highest BCUT2D eigenvalue weighted by molar-refractivity contribution is 7.98. The summed E-state index contributed by atoms with van der Waals surface area (Å²) in [6.45, 7) is 1.88. The zero-order valence-corrected chi connectivity index (χ0v) is 13.1. The maximum absolute atomic E-state index is 12.5. The predicted molar refractivity (Wildman–Crippen MR) is 82.6 cm³/mol. The molecule has 2 rings (SSSR count). The fraction of sp³-hybridized carbons (Fsp3) is 0.214. The lowest BCUT2D eigenvalue weighted by Gasteiger charge is -2.11. The molecule has 1 aromatic heterocycles. The first kappa shape index (κ1) is 15.6. The number of rotatable bonds is 4. The van der Waals surface area contributed by atoms with Crippen molar-refractivity contribution < 1.29 is 9.53 Å². The minimum absolute atomic E-state index is 0.0930. The highest BCUT2D eigenvalue weighted by Crippen LogP contribution is 2.18. The summed E-state index contributed by atoms with van der Waals surface area (Å²) < 4.78 is 6.24. The van der Waals surface area contributed by atoms with Gasteiger partial charge >= 0.3 is 5.97 Å². The van der Waals surface area contributed by atoms with Crippen LogP contribution >= 0.6 is 23.4 Å². The van der Waals surface area contributed by atoms with E-state index in [9.17, 15) is 9.59 Å². The molecule has 0 saturated heterocycles. The van der Waals surface area contributed by atoms with Crippen LogP contribution < -0.4 is 5.56 Å². The van der Waals surface area contributed by atoms with Gasteiger partial charge in [-0.2, -0.15) is 0 Å². The maximum Gasteiger partial charge on any atom is 0.345 e. The molecular weight excluding hydrogens is 312 g/mol. The van der Waals surface area contributed by atoms with E-state index in [1.807, 2.05) is 0 Å². The second kappa shape index (κ2) is 6.78. The first-order valence-corrected chi connectivity index (χ1v) is 7.77. The molecule has 110 valence electrons. The molecule has 0 atom stereocenters. The monoisotopic (exact) mass is 324 g/mol. The molecule has 0 fully saturated rings. The second-order valence-corrected chi connectivity index (χ2v) is 5.21. The zero-order valence-electron chi connectivity index (χ0n) is 11.5. The number of carbonyl (C=O) groups is 1. The third-order valence-electron chi connectivity index (χ3n) is 2.69. The molecule has 0 saturated carbocycles. The first-order chi connectivity index (χ1) is 10.1. The van der Waals surface area contributed by atoms with E-state index in [-0.39, 0.29) is 12.2 Å². The van der Waals surface area contributed by atoms with Gasteiger partial charge in [0.1, 0.15) is 5.56 Å². The van der Waals surface area contributed by atoms with Crippen molar-refractivity contribution in [2.75, 3.05) is 12.9 Å². The van der Waals surface area contributed by atoms with Crippen molar-refractivity contribution in [3.8, 4) is 5.69 Å². The topological polar surface area (TPSA) is 61.2 Å². The van der Waals surface area contributed by atoms with E-state index < -0.39 is 11.5 Å². The van der Waals surface area contributed by atoms with Crippen LogP contribution in [0.3, 0.4) is 0 Å². The van der Waals surface area contributed by atoms with Gasteiger partial charge in [0.05, 0.1) is 18.5 Å². The quantitative estimate of drug-likeness (QED) is 0.491. The maximum atomic E-state index is 12.5. The smallest absolute Gasteiger partial charge is 0.345 e. The van der Waals surface area contributed by atoms with E-state index in [1.165, 1.54) is 22.5 Å². The molecule has 0 aliphatic carbocycles. The minimum atomic E-state index is -0.676. The molecule has 0 spiro atoms. The van der Waals surface area contributed by atoms with Crippen molar-refractivity contribution >= 4 is 29.3 Å². The molecule has 0 aliphatic rings. The second-order valence-electron chi connectivity index (χ2n) is 4.00. The van der Waals surface area contributed by atoms with Gasteiger partial charge in [-0.05, 0) is 37.4 Å². The molecule has 7 heteroatoms. The SMILES string of the molecule is CCOC(=O)c1cnc(SC)n(-c2ccc(Cl)cc2)c1=O. The Morgan fingerprint density at radius 3 is 2.62 bits per heavy atom. The third kappa shape index (κ3) is 3.28. The van der Waals surface area contributed by atoms with Crippen LogP contribution in [-0.2, 0) is 4.74 Å². The van der Waals surface area contributed by atoms with E-state index >= 15 is 0 Å². The standard InChI is InChI=1S/C14H13ClN2O3S/c1-3-20-13(19)11-8-16-14(21-2)17(12(11)18)10-6-4-9(15)5-7-10/h4-8H,3H2,1-2H3. The van der Waals surface area contributed by atoms with Gasteiger partial charge in [-0.15, -0.1) is 0 Å². The van der Waals surface area contributed by atoms with Gasteiger partial charge in [-0.1, -0.05) is 23.4 Å². The molecule has 21 heavy (non-hydrogen) atoms. The molecule has 2 aromatic rings. The van der Waals surface area contributed by atoms with Gasteiger partial charge in [-0.3, -0.25) is 9.36 Å². The van der Waals surface area contributed by atoms with Gasteiger partial charge in [0.25, 0.3) is 5.56 Å². The Morgan fingerprint density at radius 1 is 1.38 bits per heavy atom. The molecule has 0 amide bonds. The van der Waals surface area contributed by atoms with E-state index in [2.05, 4.69) is 4.98 Å². The zero-order chi connectivity index (χ0) is 15.4.